The van der Waals surface area contributed by atoms with Crippen molar-refractivity contribution in [3.05, 3.63) is 101 Å². The molecule has 0 atom stereocenters. The number of allylic oxidation sites excluding steroid dienone is 1. The molecule has 1 aliphatic rings. The Labute approximate surface area is 154 Å². The number of thioether (sulfide) groups is 1. The normalized spacial score (nSPS) is 14.1. The second kappa shape index (κ2) is 7.33. The number of hydrogen-bond acceptors (Lipinski definition) is 1. The van der Waals surface area contributed by atoms with E-state index < -0.39 is 0 Å². The number of hydrogen-bond donors (Lipinski definition) is 0. The quantitative estimate of drug-likeness (QED) is 0.494. The van der Waals surface area contributed by atoms with Gasteiger partial charge in [0.2, 0.25) is 0 Å². The van der Waals surface area contributed by atoms with Crippen molar-refractivity contribution in [3.8, 4) is 0 Å². The highest BCUT2D eigenvalue weighted by molar-refractivity contribution is 8.08. The third-order valence-corrected chi connectivity index (χ3v) is 5.95. The Kier molecular flexibility index (Phi) is 4.76. The van der Waals surface area contributed by atoms with Gasteiger partial charge in [-0.1, -0.05) is 84.1 Å². The Morgan fingerprint density at radius 2 is 1.44 bits per heavy atom. The molecule has 1 aliphatic carbocycles. The first-order chi connectivity index (χ1) is 12.3. The fourth-order valence-corrected chi connectivity index (χ4v) is 4.61. The molecule has 3 aromatic carbocycles. The molecule has 124 valence electrons. The van der Waals surface area contributed by atoms with Crippen LogP contribution >= 0.6 is 11.8 Å². The molecule has 1 heteroatoms. The molecule has 0 N–H and O–H groups in total. The smallest absolute Gasteiger partial charge is 0.0235 e. The summed E-state index contributed by atoms with van der Waals surface area (Å²) in [5, 5.41) is 0. The van der Waals surface area contributed by atoms with Crippen LogP contribution in [0.4, 0.5) is 0 Å². The Hall–Kier alpha value is -2.25. The molecule has 0 saturated heterocycles. The maximum Gasteiger partial charge on any atom is 0.0235 e. The van der Waals surface area contributed by atoms with Crippen LogP contribution in [0, 0.1) is 6.92 Å². The maximum absolute atomic E-state index is 2.29. The van der Waals surface area contributed by atoms with Gasteiger partial charge in [0, 0.05) is 9.80 Å². The molecule has 3 aromatic rings. The summed E-state index contributed by atoms with van der Waals surface area (Å²) in [7, 11) is 0. The van der Waals surface area contributed by atoms with Crippen LogP contribution in [-0.2, 0) is 6.42 Å². The highest BCUT2D eigenvalue weighted by atomic mass is 32.2. The van der Waals surface area contributed by atoms with E-state index in [1.54, 1.807) is 0 Å². The first-order valence-corrected chi connectivity index (χ1v) is 9.74. The summed E-state index contributed by atoms with van der Waals surface area (Å²) in [6.45, 7) is 2.14. The van der Waals surface area contributed by atoms with Gasteiger partial charge in [-0.3, -0.25) is 0 Å². The zero-order valence-electron chi connectivity index (χ0n) is 14.5. The zero-order chi connectivity index (χ0) is 17.1. The minimum Gasteiger partial charge on any atom is -0.0891 e. The van der Waals surface area contributed by atoms with E-state index in [0.29, 0.717) is 0 Å². The van der Waals surface area contributed by atoms with Crippen LogP contribution < -0.4 is 0 Å². The van der Waals surface area contributed by atoms with E-state index in [2.05, 4.69) is 85.8 Å². The summed E-state index contributed by atoms with van der Waals surface area (Å²) in [5.41, 5.74) is 7.03. The average molecular weight is 343 g/mol. The minimum absolute atomic E-state index is 1.13. The molecule has 25 heavy (non-hydrogen) atoms. The van der Waals surface area contributed by atoms with E-state index in [0.717, 1.165) is 12.8 Å². The molecular formula is C24H22S. The van der Waals surface area contributed by atoms with Crippen LogP contribution in [0.2, 0.25) is 0 Å². The molecule has 0 bridgehead atoms. The van der Waals surface area contributed by atoms with E-state index in [1.165, 1.54) is 44.0 Å². The van der Waals surface area contributed by atoms with E-state index in [1.807, 2.05) is 11.8 Å². The van der Waals surface area contributed by atoms with E-state index in [9.17, 15) is 0 Å². The van der Waals surface area contributed by atoms with Crippen LogP contribution in [0.5, 0.6) is 0 Å². The van der Waals surface area contributed by atoms with Crippen molar-refractivity contribution in [2.75, 3.05) is 0 Å². The summed E-state index contributed by atoms with van der Waals surface area (Å²) in [5.74, 6) is 0. The summed E-state index contributed by atoms with van der Waals surface area (Å²) in [6.07, 6.45) is 3.50. The number of aryl methyl sites for hydroxylation is 2. The fourth-order valence-electron chi connectivity index (χ4n) is 3.45. The monoisotopic (exact) mass is 342 g/mol. The molecule has 0 nitrogen and oxygen atoms in total. The van der Waals surface area contributed by atoms with Gasteiger partial charge in [0.1, 0.15) is 0 Å². The van der Waals surface area contributed by atoms with E-state index in [-0.39, 0.29) is 0 Å². The Balaban J connectivity index is 1.87. The minimum atomic E-state index is 1.13. The molecule has 0 unspecified atom stereocenters. The lowest BCUT2D eigenvalue weighted by Crippen LogP contribution is -1.91. The van der Waals surface area contributed by atoms with Gasteiger partial charge < -0.3 is 0 Å². The average Bonchev–Trinajstić information content (AvgIpc) is 2.84. The summed E-state index contributed by atoms with van der Waals surface area (Å²) < 4.78 is 0. The van der Waals surface area contributed by atoms with Gasteiger partial charge in [0.25, 0.3) is 0 Å². The Morgan fingerprint density at radius 1 is 0.720 bits per heavy atom. The van der Waals surface area contributed by atoms with E-state index >= 15 is 0 Å². The summed E-state index contributed by atoms with van der Waals surface area (Å²) in [6, 6.07) is 28.7. The second-order valence-electron chi connectivity index (χ2n) is 6.60. The lowest BCUT2D eigenvalue weighted by atomic mass is 10.0. The molecule has 0 amide bonds. The topological polar surface area (TPSA) is 0 Å². The van der Waals surface area contributed by atoms with Gasteiger partial charge in [0.05, 0.1) is 0 Å². The maximum atomic E-state index is 2.29. The molecule has 4 rings (SSSR count). The fraction of sp³-hybridized carbons (Fsp3) is 0.167. The van der Waals surface area contributed by atoms with E-state index in [4.69, 9.17) is 0 Å². The summed E-state index contributed by atoms with van der Waals surface area (Å²) in [4.78, 5) is 2.73. The number of fused-ring (bicyclic) bond motifs is 1. The zero-order valence-corrected chi connectivity index (χ0v) is 15.4. The largest absolute Gasteiger partial charge is 0.0891 e. The van der Waals surface area contributed by atoms with Gasteiger partial charge in [-0.15, -0.1) is 0 Å². The van der Waals surface area contributed by atoms with Crippen molar-refractivity contribution in [2.24, 2.45) is 0 Å². The van der Waals surface area contributed by atoms with Crippen molar-refractivity contribution in [1.29, 1.82) is 0 Å². The molecule has 0 saturated carbocycles. The standard InChI is InChI=1S/C24H22S/c1-18-14-16-21(17-15-18)25-24-22-12-6-5-10-20(22)11-7-13-23(24)19-8-3-2-4-9-19/h2-6,8-10,12,14-17H,7,11,13H2,1H3. The van der Waals surface area contributed by atoms with Gasteiger partial charge >= 0.3 is 0 Å². The molecule has 0 aromatic heterocycles. The number of rotatable bonds is 3. The summed E-state index contributed by atoms with van der Waals surface area (Å²) >= 11 is 1.91. The predicted octanol–water partition coefficient (Wildman–Crippen LogP) is 6.99. The highest BCUT2D eigenvalue weighted by Gasteiger charge is 2.19. The third-order valence-electron chi connectivity index (χ3n) is 4.77. The molecule has 0 spiro atoms. The van der Waals surface area contributed by atoms with Crippen LogP contribution in [-0.4, -0.2) is 0 Å². The van der Waals surface area contributed by atoms with Gasteiger partial charge in [-0.25, -0.2) is 0 Å². The van der Waals surface area contributed by atoms with Gasteiger partial charge in [0.15, 0.2) is 0 Å². The van der Waals surface area contributed by atoms with Crippen molar-refractivity contribution >= 4 is 22.2 Å². The van der Waals surface area contributed by atoms with Gasteiger partial charge in [-0.05, 0) is 60.6 Å². The van der Waals surface area contributed by atoms with Gasteiger partial charge in [-0.2, -0.15) is 0 Å². The van der Waals surface area contributed by atoms with Crippen LogP contribution in [0.3, 0.4) is 0 Å². The van der Waals surface area contributed by atoms with Crippen LogP contribution in [0.1, 0.15) is 35.1 Å². The van der Waals surface area contributed by atoms with Crippen LogP contribution in [0.25, 0.3) is 10.5 Å². The Morgan fingerprint density at radius 3 is 2.24 bits per heavy atom. The molecule has 0 aliphatic heterocycles. The van der Waals surface area contributed by atoms with Crippen molar-refractivity contribution in [3.63, 3.8) is 0 Å². The lowest BCUT2D eigenvalue weighted by molar-refractivity contribution is 0.860. The molecule has 0 heterocycles. The third kappa shape index (κ3) is 3.57. The van der Waals surface area contributed by atoms with Crippen molar-refractivity contribution in [1.82, 2.24) is 0 Å². The second-order valence-corrected chi connectivity index (χ2v) is 7.68. The molecule has 0 radical (unpaired) electrons. The molecule has 0 fully saturated rings. The van der Waals surface area contributed by atoms with Crippen molar-refractivity contribution in [2.45, 2.75) is 31.1 Å². The first kappa shape index (κ1) is 16.2. The highest BCUT2D eigenvalue weighted by Crippen LogP contribution is 2.45. The van der Waals surface area contributed by atoms with Crippen LogP contribution in [0.15, 0.2) is 83.8 Å². The first-order valence-electron chi connectivity index (χ1n) is 8.92. The number of benzene rings is 3. The SMILES string of the molecule is Cc1ccc(SC2=C(c3ccccc3)CCCc3ccccc32)cc1. The van der Waals surface area contributed by atoms with Crippen molar-refractivity contribution < 1.29 is 0 Å². The lowest BCUT2D eigenvalue weighted by Gasteiger charge is -2.15. The predicted molar refractivity (Wildman–Crippen MR) is 110 cm³/mol. The molecular weight excluding hydrogens is 320 g/mol. The Bertz CT molecular complexity index is 889.